The predicted octanol–water partition coefficient (Wildman–Crippen LogP) is 3.60. The van der Waals surface area contributed by atoms with Crippen molar-refractivity contribution < 1.29 is 10.2 Å². The minimum absolute atomic E-state index is 0.869. The molecule has 0 aliphatic heterocycles. The van der Waals surface area contributed by atoms with E-state index in [0.717, 1.165) is 22.3 Å². The van der Waals surface area contributed by atoms with E-state index in [0.29, 0.717) is 0 Å². The Kier molecular flexibility index (Phi) is 5.15. The second-order valence-corrected chi connectivity index (χ2v) is 6.77. The standard InChI is InChI=1S/C22H22O2/c1-21(2,23)15-13-17-5-9-19(10-6-17)20-11-7-18(8-12-20)14-16-22(3,4)24/h5-12,23-24H,1-4H3. The van der Waals surface area contributed by atoms with Gasteiger partial charge in [0.05, 0.1) is 0 Å². The summed E-state index contributed by atoms with van der Waals surface area (Å²) in [4.78, 5) is 0. The van der Waals surface area contributed by atoms with Gasteiger partial charge in [-0.05, 0) is 63.1 Å². The third-order valence-electron chi connectivity index (χ3n) is 3.13. The van der Waals surface area contributed by atoms with E-state index >= 15 is 0 Å². The molecule has 0 spiro atoms. The molecule has 0 atom stereocenters. The molecule has 24 heavy (non-hydrogen) atoms. The highest BCUT2D eigenvalue weighted by atomic mass is 16.3. The van der Waals surface area contributed by atoms with Crippen molar-refractivity contribution in [2.24, 2.45) is 0 Å². The molecule has 0 aliphatic rings. The zero-order valence-electron chi connectivity index (χ0n) is 14.5. The number of rotatable bonds is 1. The third kappa shape index (κ3) is 5.94. The van der Waals surface area contributed by atoms with Crippen LogP contribution in [0, 0.1) is 23.7 Å². The number of benzene rings is 2. The summed E-state index contributed by atoms with van der Waals surface area (Å²) < 4.78 is 0. The SMILES string of the molecule is CC(C)(O)C#Cc1ccc(-c2ccc(C#CC(C)(C)O)cc2)cc1. The van der Waals surface area contributed by atoms with E-state index in [9.17, 15) is 10.2 Å². The minimum atomic E-state index is -0.987. The van der Waals surface area contributed by atoms with E-state index in [2.05, 4.69) is 23.7 Å². The zero-order valence-corrected chi connectivity index (χ0v) is 14.5. The molecule has 0 fully saturated rings. The van der Waals surface area contributed by atoms with Gasteiger partial charge in [0.2, 0.25) is 0 Å². The maximum Gasteiger partial charge on any atom is 0.120 e. The molecule has 2 aromatic rings. The van der Waals surface area contributed by atoms with Crippen molar-refractivity contribution in [3.8, 4) is 34.8 Å². The summed E-state index contributed by atoms with van der Waals surface area (Å²) in [6.07, 6.45) is 0. The topological polar surface area (TPSA) is 40.5 Å². The Hall–Kier alpha value is -2.52. The number of hydrogen-bond donors (Lipinski definition) is 2. The van der Waals surface area contributed by atoms with Crippen LogP contribution in [0.3, 0.4) is 0 Å². The average Bonchev–Trinajstić information content (AvgIpc) is 2.51. The first-order valence-electron chi connectivity index (χ1n) is 7.84. The van der Waals surface area contributed by atoms with Gasteiger partial charge in [0.1, 0.15) is 11.2 Å². The summed E-state index contributed by atoms with van der Waals surface area (Å²) in [5.41, 5.74) is 1.94. The summed E-state index contributed by atoms with van der Waals surface area (Å²) in [5.74, 6) is 11.5. The van der Waals surface area contributed by atoms with Crippen LogP contribution >= 0.6 is 0 Å². The Morgan fingerprint density at radius 1 is 0.583 bits per heavy atom. The predicted molar refractivity (Wildman–Crippen MR) is 98.2 cm³/mol. The Labute approximate surface area is 144 Å². The van der Waals surface area contributed by atoms with Gasteiger partial charge in [-0.1, -0.05) is 47.9 Å². The first-order chi connectivity index (χ1) is 11.1. The van der Waals surface area contributed by atoms with Crippen molar-refractivity contribution in [1.82, 2.24) is 0 Å². The Morgan fingerprint density at radius 2 is 0.875 bits per heavy atom. The lowest BCUT2D eigenvalue weighted by Crippen LogP contribution is -2.14. The molecule has 0 unspecified atom stereocenters. The van der Waals surface area contributed by atoms with Crippen molar-refractivity contribution >= 4 is 0 Å². The van der Waals surface area contributed by atoms with Crippen LogP contribution in [-0.4, -0.2) is 21.4 Å². The lowest BCUT2D eigenvalue weighted by atomic mass is 10.0. The van der Waals surface area contributed by atoms with Crippen LogP contribution in [0.15, 0.2) is 48.5 Å². The third-order valence-corrected chi connectivity index (χ3v) is 3.13. The van der Waals surface area contributed by atoms with Gasteiger partial charge in [-0.25, -0.2) is 0 Å². The fraction of sp³-hybridized carbons (Fsp3) is 0.273. The lowest BCUT2D eigenvalue weighted by molar-refractivity contribution is 0.143. The van der Waals surface area contributed by atoms with Crippen molar-refractivity contribution in [3.05, 3.63) is 59.7 Å². The van der Waals surface area contributed by atoms with Crippen molar-refractivity contribution in [1.29, 1.82) is 0 Å². The largest absolute Gasteiger partial charge is 0.378 e. The van der Waals surface area contributed by atoms with Gasteiger partial charge in [0.15, 0.2) is 0 Å². The van der Waals surface area contributed by atoms with Gasteiger partial charge in [-0.2, -0.15) is 0 Å². The van der Waals surface area contributed by atoms with Crippen LogP contribution in [0.5, 0.6) is 0 Å². The zero-order chi connectivity index (χ0) is 17.8. The van der Waals surface area contributed by atoms with Crippen LogP contribution in [-0.2, 0) is 0 Å². The maximum absolute atomic E-state index is 9.63. The molecule has 0 amide bonds. The quantitative estimate of drug-likeness (QED) is 0.789. The number of aliphatic hydroxyl groups is 2. The molecular weight excluding hydrogens is 296 g/mol. The van der Waals surface area contributed by atoms with Crippen molar-refractivity contribution in [3.63, 3.8) is 0 Å². The van der Waals surface area contributed by atoms with Gasteiger partial charge in [0.25, 0.3) is 0 Å². The fourth-order valence-corrected chi connectivity index (χ4v) is 1.94. The van der Waals surface area contributed by atoms with Gasteiger partial charge in [-0.3, -0.25) is 0 Å². The smallest absolute Gasteiger partial charge is 0.120 e. The van der Waals surface area contributed by atoms with Gasteiger partial charge in [-0.15, -0.1) is 0 Å². The van der Waals surface area contributed by atoms with E-state index in [4.69, 9.17) is 0 Å². The molecule has 2 heteroatoms. The first kappa shape index (κ1) is 17.8. The lowest BCUT2D eigenvalue weighted by Gasteiger charge is -2.07. The maximum atomic E-state index is 9.63. The number of hydrogen-bond acceptors (Lipinski definition) is 2. The summed E-state index contributed by atoms with van der Waals surface area (Å²) in [5, 5.41) is 19.3. The highest BCUT2D eigenvalue weighted by Crippen LogP contribution is 2.20. The Balaban J connectivity index is 2.17. The van der Waals surface area contributed by atoms with E-state index in [1.807, 2.05) is 48.5 Å². The molecule has 0 saturated heterocycles. The molecule has 2 aromatic carbocycles. The molecule has 0 aromatic heterocycles. The summed E-state index contributed by atoms with van der Waals surface area (Å²) >= 11 is 0. The molecule has 0 bridgehead atoms. The molecule has 2 rings (SSSR count). The van der Waals surface area contributed by atoms with Crippen molar-refractivity contribution in [2.45, 2.75) is 38.9 Å². The fourth-order valence-electron chi connectivity index (χ4n) is 1.94. The van der Waals surface area contributed by atoms with Gasteiger partial charge >= 0.3 is 0 Å². The second kappa shape index (κ2) is 6.93. The van der Waals surface area contributed by atoms with Crippen LogP contribution in [0.25, 0.3) is 11.1 Å². The molecule has 0 saturated carbocycles. The second-order valence-electron chi connectivity index (χ2n) is 6.77. The van der Waals surface area contributed by atoms with E-state index in [1.165, 1.54) is 0 Å². The molecular formula is C22H22O2. The normalized spacial score (nSPS) is 11.1. The minimum Gasteiger partial charge on any atom is -0.378 e. The van der Waals surface area contributed by atoms with Crippen LogP contribution in [0.1, 0.15) is 38.8 Å². The monoisotopic (exact) mass is 318 g/mol. The molecule has 2 nitrogen and oxygen atoms in total. The van der Waals surface area contributed by atoms with Crippen LogP contribution in [0.2, 0.25) is 0 Å². The van der Waals surface area contributed by atoms with Crippen LogP contribution in [0.4, 0.5) is 0 Å². The molecule has 0 radical (unpaired) electrons. The summed E-state index contributed by atoms with van der Waals surface area (Å²) in [6, 6.07) is 15.8. The van der Waals surface area contributed by atoms with Gasteiger partial charge in [0, 0.05) is 11.1 Å². The van der Waals surface area contributed by atoms with E-state index in [1.54, 1.807) is 27.7 Å². The summed E-state index contributed by atoms with van der Waals surface area (Å²) in [6.45, 7) is 6.65. The average molecular weight is 318 g/mol. The summed E-state index contributed by atoms with van der Waals surface area (Å²) in [7, 11) is 0. The Morgan fingerprint density at radius 3 is 1.12 bits per heavy atom. The Bertz CT molecular complexity index is 733. The van der Waals surface area contributed by atoms with Crippen molar-refractivity contribution in [2.75, 3.05) is 0 Å². The highest BCUT2D eigenvalue weighted by molar-refractivity contribution is 5.65. The van der Waals surface area contributed by atoms with E-state index in [-0.39, 0.29) is 0 Å². The molecule has 2 N–H and O–H groups in total. The molecule has 0 aliphatic carbocycles. The van der Waals surface area contributed by atoms with Gasteiger partial charge < -0.3 is 10.2 Å². The first-order valence-corrected chi connectivity index (χ1v) is 7.84. The molecule has 0 heterocycles. The highest BCUT2D eigenvalue weighted by Gasteiger charge is 2.06. The molecule has 122 valence electrons. The van der Waals surface area contributed by atoms with Crippen LogP contribution < -0.4 is 0 Å². The van der Waals surface area contributed by atoms with E-state index < -0.39 is 11.2 Å².